The molecular formula is C29H29N5O4. The van der Waals surface area contributed by atoms with Gasteiger partial charge in [-0.05, 0) is 55.2 Å². The number of aryl methyl sites for hydroxylation is 1. The number of furan rings is 1. The molecule has 1 aromatic carbocycles. The Hall–Kier alpha value is -4.26. The zero-order valence-electron chi connectivity index (χ0n) is 21.4. The predicted molar refractivity (Wildman–Crippen MR) is 145 cm³/mol. The predicted octanol–water partition coefficient (Wildman–Crippen LogP) is 5.07. The molecule has 0 radical (unpaired) electrons. The van der Waals surface area contributed by atoms with Crippen molar-refractivity contribution < 1.29 is 19.1 Å². The maximum Gasteiger partial charge on any atom is 0.255 e. The minimum absolute atomic E-state index is 0.104. The van der Waals surface area contributed by atoms with Gasteiger partial charge in [-0.1, -0.05) is 6.07 Å². The Bertz CT molecular complexity index is 1520. The average Bonchev–Trinajstić information content (AvgIpc) is 3.38. The minimum atomic E-state index is -0.208. The van der Waals surface area contributed by atoms with Crippen molar-refractivity contribution in [3.63, 3.8) is 0 Å². The van der Waals surface area contributed by atoms with E-state index < -0.39 is 0 Å². The molecule has 1 fully saturated rings. The third kappa shape index (κ3) is 5.09. The maximum absolute atomic E-state index is 12.6. The number of likely N-dealkylation sites (N-methyl/N-ethyl adjacent to an activating group) is 1. The van der Waals surface area contributed by atoms with Gasteiger partial charge in [0.25, 0.3) is 5.91 Å². The molecule has 1 aliphatic rings. The average molecular weight is 512 g/mol. The van der Waals surface area contributed by atoms with E-state index in [9.17, 15) is 4.79 Å². The summed E-state index contributed by atoms with van der Waals surface area (Å²) in [7, 11) is 1.64. The van der Waals surface area contributed by atoms with Gasteiger partial charge in [0.05, 0.1) is 18.7 Å². The van der Waals surface area contributed by atoms with E-state index in [4.69, 9.17) is 20.8 Å². The smallest absolute Gasteiger partial charge is 0.255 e. The number of amides is 1. The number of hydrogen-bond acceptors (Lipinski definition) is 7. The zero-order chi connectivity index (χ0) is 26.6. The molecule has 38 heavy (non-hydrogen) atoms. The fourth-order valence-electron chi connectivity index (χ4n) is 4.68. The number of pyridine rings is 2. The van der Waals surface area contributed by atoms with Gasteiger partial charge in [0.2, 0.25) is 5.69 Å². The first-order chi connectivity index (χ1) is 18.5. The molecule has 4 aromatic rings. The van der Waals surface area contributed by atoms with Crippen LogP contribution in [-0.4, -0.2) is 65.3 Å². The van der Waals surface area contributed by atoms with Crippen molar-refractivity contribution in [1.29, 1.82) is 0 Å². The second kappa shape index (κ2) is 11.0. The van der Waals surface area contributed by atoms with Crippen LogP contribution in [0.3, 0.4) is 0 Å². The lowest BCUT2D eigenvalue weighted by Crippen LogP contribution is -2.29. The van der Waals surface area contributed by atoms with Crippen LogP contribution in [0, 0.1) is 13.5 Å². The van der Waals surface area contributed by atoms with Crippen molar-refractivity contribution in [3.05, 3.63) is 71.3 Å². The molecule has 0 saturated carbocycles. The summed E-state index contributed by atoms with van der Waals surface area (Å²) in [4.78, 5) is 26.8. The Morgan fingerprint density at radius 3 is 2.76 bits per heavy atom. The molecule has 2 N–H and O–H groups in total. The molecule has 9 nitrogen and oxygen atoms in total. The highest BCUT2D eigenvalue weighted by molar-refractivity contribution is 5.95. The number of nitrogens with one attached hydrogen (secondary N) is 1. The topological polar surface area (TPSA) is 105 Å². The van der Waals surface area contributed by atoms with Crippen LogP contribution in [0.25, 0.3) is 38.5 Å². The Morgan fingerprint density at radius 1 is 1.21 bits per heavy atom. The monoisotopic (exact) mass is 511 g/mol. The van der Waals surface area contributed by atoms with Gasteiger partial charge in [0.1, 0.15) is 11.2 Å². The lowest BCUT2D eigenvalue weighted by atomic mass is 10.0. The number of fused-ring (bicyclic) bond motifs is 1. The molecule has 1 saturated heterocycles. The van der Waals surface area contributed by atoms with E-state index >= 15 is 0 Å². The number of aromatic nitrogens is 2. The van der Waals surface area contributed by atoms with E-state index in [-0.39, 0.29) is 19.1 Å². The first-order valence-corrected chi connectivity index (χ1v) is 12.6. The lowest BCUT2D eigenvalue weighted by molar-refractivity contribution is 0.0766. The second-order valence-corrected chi connectivity index (χ2v) is 9.40. The van der Waals surface area contributed by atoms with E-state index in [1.165, 1.54) is 11.1 Å². The molecule has 0 bridgehead atoms. The Morgan fingerprint density at radius 2 is 2.03 bits per heavy atom. The highest BCUT2D eigenvalue weighted by Crippen LogP contribution is 2.37. The molecule has 1 amide bonds. The van der Waals surface area contributed by atoms with Crippen LogP contribution >= 0.6 is 0 Å². The lowest BCUT2D eigenvalue weighted by Gasteiger charge is -2.25. The Balaban J connectivity index is 1.46. The van der Waals surface area contributed by atoms with Crippen molar-refractivity contribution >= 4 is 28.4 Å². The van der Waals surface area contributed by atoms with Crippen LogP contribution in [0.1, 0.15) is 28.8 Å². The van der Waals surface area contributed by atoms with Crippen LogP contribution in [-0.2, 0) is 4.74 Å². The molecular weight excluding hydrogens is 482 g/mol. The molecule has 3 aromatic heterocycles. The number of ether oxygens (including phenoxy) is 1. The summed E-state index contributed by atoms with van der Waals surface area (Å²) in [6, 6.07) is 11.6. The normalized spacial score (nSPS) is 13.8. The van der Waals surface area contributed by atoms with E-state index in [1.54, 1.807) is 19.3 Å². The second-order valence-electron chi connectivity index (χ2n) is 9.40. The summed E-state index contributed by atoms with van der Waals surface area (Å²) in [5.41, 5.74) is 6.19. The Kier molecular flexibility index (Phi) is 7.36. The summed E-state index contributed by atoms with van der Waals surface area (Å²) in [6.07, 6.45) is 5.08. The highest BCUT2D eigenvalue weighted by atomic mass is 16.5. The number of aliphatic hydroxyl groups excluding tert-OH is 1. The largest absolute Gasteiger partial charge is 0.452 e. The van der Waals surface area contributed by atoms with E-state index in [2.05, 4.69) is 20.1 Å². The van der Waals surface area contributed by atoms with Crippen molar-refractivity contribution in [2.75, 3.05) is 38.7 Å². The van der Waals surface area contributed by atoms with Crippen molar-refractivity contribution in [1.82, 2.24) is 14.9 Å². The molecule has 4 heterocycles. The summed E-state index contributed by atoms with van der Waals surface area (Å²) >= 11 is 0. The molecule has 194 valence electrons. The summed E-state index contributed by atoms with van der Waals surface area (Å²) in [5, 5.41) is 12.6. The number of carbonyl (C=O) groups is 1. The number of carbonyl (C=O) groups excluding carboxylic acids is 1. The molecule has 1 aliphatic heterocycles. The number of aliphatic hydroxyl groups is 1. The van der Waals surface area contributed by atoms with Gasteiger partial charge in [-0.2, -0.15) is 0 Å². The summed E-state index contributed by atoms with van der Waals surface area (Å²) < 4.78 is 11.7. The number of benzene rings is 1. The van der Waals surface area contributed by atoms with Gasteiger partial charge in [0.15, 0.2) is 11.3 Å². The van der Waals surface area contributed by atoms with E-state index in [0.717, 1.165) is 48.4 Å². The number of nitrogens with zero attached hydrogens (tertiary/aromatic N) is 4. The maximum atomic E-state index is 12.6. The standard InChI is InChI=1S/C29H29N5O4/c1-18-14-20(29(36)34(3)10-11-35)17-32-27(18)26-16-25-28(38-26)22(6-9-31-25)19-4-5-23(24(15-19)30-2)33-21-7-12-37-13-8-21/h4-6,9,14-17,21,33,35H,7-8,10-13H2,1,3H3. The van der Waals surface area contributed by atoms with Crippen LogP contribution in [0.2, 0.25) is 0 Å². The molecule has 0 spiro atoms. The fraction of sp³-hybridized carbons (Fsp3) is 0.310. The van der Waals surface area contributed by atoms with Gasteiger partial charge in [-0.25, -0.2) is 4.85 Å². The minimum Gasteiger partial charge on any atom is -0.452 e. The zero-order valence-corrected chi connectivity index (χ0v) is 21.4. The molecule has 5 rings (SSSR count). The molecule has 9 heteroatoms. The summed E-state index contributed by atoms with van der Waals surface area (Å²) in [5.74, 6) is 0.337. The van der Waals surface area contributed by atoms with Crippen LogP contribution in [0.4, 0.5) is 11.4 Å². The quantitative estimate of drug-likeness (QED) is 0.334. The number of rotatable bonds is 7. The van der Waals surface area contributed by atoms with E-state index in [1.807, 2.05) is 37.3 Å². The van der Waals surface area contributed by atoms with Crippen LogP contribution < -0.4 is 5.32 Å². The first-order valence-electron chi connectivity index (χ1n) is 12.6. The van der Waals surface area contributed by atoms with Crippen LogP contribution in [0.5, 0.6) is 0 Å². The molecule has 0 atom stereocenters. The van der Waals surface area contributed by atoms with Crippen molar-refractivity contribution in [2.24, 2.45) is 0 Å². The van der Waals surface area contributed by atoms with Crippen LogP contribution in [0.15, 0.2) is 53.2 Å². The van der Waals surface area contributed by atoms with Gasteiger partial charge >= 0.3 is 0 Å². The third-order valence-electron chi connectivity index (χ3n) is 6.76. The van der Waals surface area contributed by atoms with E-state index in [0.29, 0.717) is 39.8 Å². The van der Waals surface area contributed by atoms with Gasteiger partial charge < -0.3 is 24.5 Å². The number of hydrogen-bond donors (Lipinski definition) is 2. The number of anilines is 1. The highest BCUT2D eigenvalue weighted by Gasteiger charge is 2.19. The summed E-state index contributed by atoms with van der Waals surface area (Å²) in [6.45, 7) is 11.2. The third-order valence-corrected chi connectivity index (χ3v) is 6.76. The van der Waals surface area contributed by atoms with Gasteiger partial charge in [-0.3, -0.25) is 14.8 Å². The molecule has 0 aliphatic carbocycles. The van der Waals surface area contributed by atoms with Gasteiger partial charge in [-0.15, -0.1) is 0 Å². The van der Waals surface area contributed by atoms with Gasteiger partial charge in [0, 0.05) is 62.6 Å². The SMILES string of the molecule is [C-]#[N+]c1cc(-c2ccnc3cc(-c4ncc(C(=O)N(C)CCO)cc4C)oc23)ccc1NC1CCOCC1. The Labute approximate surface area is 220 Å². The molecule has 0 unspecified atom stereocenters. The van der Waals surface area contributed by atoms with Crippen molar-refractivity contribution in [2.45, 2.75) is 25.8 Å². The first kappa shape index (κ1) is 25.4. The van der Waals surface area contributed by atoms with Crippen molar-refractivity contribution in [3.8, 4) is 22.6 Å². The fourth-order valence-corrected chi connectivity index (χ4v) is 4.68.